The number of benzene rings is 1. The van der Waals surface area contributed by atoms with Crippen LogP contribution in [0.3, 0.4) is 0 Å². The third kappa shape index (κ3) is 6.90. The number of hydrogen-bond donors (Lipinski definition) is 0. The third-order valence-electron chi connectivity index (χ3n) is 4.76. The van der Waals surface area contributed by atoms with Crippen molar-refractivity contribution in [1.29, 1.82) is 0 Å². The Kier molecular flexibility index (Phi) is 8.28. The van der Waals surface area contributed by atoms with Crippen LogP contribution in [0.25, 0.3) is 0 Å². The summed E-state index contributed by atoms with van der Waals surface area (Å²) in [7, 11) is 5.99. The maximum atomic E-state index is 12.3. The van der Waals surface area contributed by atoms with Crippen molar-refractivity contribution in [2.75, 3.05) is 27.7 Å². The summed E-state index contributed by atoms with van der Waals surface area (Å²) in [5.74, 6) is 7.72. The van der Waals surface area contributed by atoms with Crippen molar-refractivity contribution in [3.8, 4) is 17.6 Å². The first kappa shape index (κ1) is 20.6. The van der Waals surface area contributed by atoms with Crippen LogP contribution in [0.2, 0.25) is 5.02 Å². The molecule has 0 atom stereocenters. The van der Waals surface area contributed by atoms with Crippen LogP contribution in [-0.2, 0) is 0 Å². The molecule has 2 rings (SSSR count). The van der Waals surface area contributed by atoms with Crippen molar-refractivity contribution < 1.29 is 9.53 Å². The number of amides is 1. The molecule has 1 aromatic rings. The van der Waals surface area contributed by atoms with E-state index in [0.717, 1.165) is 45.1 Å². The molecule has 0 aliphatic heterocycles. The van der Waals surface area contributed by atoms with Gasteiger partial charge in [-0.1, -0.05) is 17.5 Å². The average Bonchev–Trinajstić information content (AvgIpc) is 2.63. The van der Waals surface area contributed by atoms with Crippen LogP contribution in [0.4, 0.5) is 4.79 Å². The fourth-order valence-electron chi connectivity index (χ4n) is 3.13. The van der Waals surface area contributed by atoms with E-state index >= 15 is 0 Å². The molecule has 0 radical (unpaired) electrons. The SMILES string of the molecule is CN(C)CCCC#CC1CCC(N(C)C(=O)Oc2ccc(Cl)cc2)CC1. The predicted octanol–water partition coefficient (Wildman–Crippen LogP) is 4.67. The van der Waals surface area contributed by atoms with Crippen LogP contribution >= 0.6 is 11.6 Å². The van der Waals surface area contributed by atoms with Gasteiger partial charge in [0.2, 0.25) is 0 Å². The van der Waals surface area contributed by atoms with Gasteiger partial charge in [-0.3, -0.25) is 0 Å². The highest BCUT2D eigenvalue weighted by Crippen LogP contribution is 2.27. The van der Waals surface area contributed by atoms with E-state index in [4.69, 9.17) is 16.3 Å². The molecule has 0 aromatic heterocycles. The van der Waals surface area contributed by atoms with E-state index in [-0.39, 0.29) is 12.1 Å². The zero-order chi connectivity index (χ0) is 18.9. The highest BCUT2D eigenvalue weighted by atomic mass is 35.5. The average molecular weight is 377 g/mol. The summed E-state index contributed by atoms with van der Waals surface area (Å²) in [6, 6.07) is 7.06. The van der Waals surface area contributed by atoms with Gasteiger partial charge in [0.15, 0.2) is 0 Å². The molecule has 1 aliphatic carbocycles. The smallest absolute Gasteiger partial charge is 0.410 e. The maximum Gasteiger partial charge on any atom is 0.415 e. The number of carbonyl (C=O) groups is 1. The minimum Gasteiger partial charge on any atom is -0.410 e. The van der Waals surface area contributed by atoms with Gasteiger partial charge < -0.3 is 14.5 Å². The van der Waals surface area contributed by atoms with Gasteiger partial charge in [0.1, 0.15) is 5.75 Å². The second kappa shape index (κ2) is 10.4. The lowest BCUT2D eigenvalue weighted by atomic mass is 9.86. The summed E-state index contributed by atoms with van der Waals surface area (Å²) in [5, 5.41) is 0.624. The molecule has 1 saturated carbocycles. The molecule has 26 heavy (non-hydrogen) atoms. The van der Waals surface area contributed by atoms with Gasteiger partial charge in [-0.15, -0.1) is 5.92 Å². The molecule has 1 aliphatic rings. The first-order valence-corrected chi connectivity index (χ1v) is 9.67. The summed E-state index contributed by atoms with van der Waals surface area (Å²) in [5.41, 5.74) is 0. The Morgan fingerprint density at radius 2 is 1.81 bits per heavy atom. The molecule has 0 unspecified atom stereocenters. The Morgan fingerprint density at radius 3 is 2.42 bits per heavy atom. The minimum atomic E-state index is -0.314. The van der Waals surface area contributed by atoms with E-state index in [1.54, 1.807) is 29.2 Å². The Bertz CT molecular complexity index is 626. The van der Waals surface area contributed by atoms with Gasteiger partial charge in [-0.2, -0.15) is 0 Å². The van der Waals surface area contributed by atoms with Crippen molar-refractivity contribution in [1.82, 2.24) is 9.80 Å². The van der Waals surface area contributed by atoms with Crippen molar-refractivity contribution in [2.45, 2.75) is 44.6 Å². The van der Waals surface area contributed by atoms with E-state index in [1.807, 2.05) is 7.05 Å². The second-order valence-electron chi connectivity index (χ2n) is 7.17. The van der Waals surface area contributed by atoms with Crippen molar-refractivity contribution in [2.24, 2.45) is 5.92 Å². The van der Waals surface area contributed by atoms with Crippen LogP contribution in [0, 0.1) is 17.8 Å². The second-order valence-corrected chi connectivity index (χ2v) is 7.60. The number of hydrogen-bond acceptors (Lipinski definition) is 3. The van der Waals surface area contributed by atoms with Gasteiger partial charge in [-0.05, 0) is 77.0 Å². The molecular weight excluding hydrogens is 348 g/mol. The molecule has 0 heterocycles. The van der Waals surface area contributed by atoms with Crippen molar-refractivity contribution in [3.05, 3.63) is 29.3 Å². The lowest BCUT2D eigenvalue weighted by Gasteiger charge is -2.32. The van der Waals surface area contributed by atoms with Gasteiger partial charge in [-0.25, -0.2) is 4.79 Å². The lowest BCUT2D eigenvalue weighted by Crippen LogP contribution is -2.40. The van der Waals surface area contributed by atoms with E-state index in [1.165, 1.54) is 0 Å². The molecular formula is C21H29ClN2O2. The zero-order valence-electron chi connectivity index (χ0n) is 16.0. The van der Waals surface area contributed by atoms with E-state index < -0.39 is 0 Å². The van der Waals surface area contributed by atoms with Crippen LogP contribution in [-0.4, -0.2) is 49.6 Å². The maximum absolute atomic E-state index is 12.3. The molecule has 5 heteroatoms. The van der Waals surface area contributed by atoms with Crippen molar-refractivity contribution in [3.63, 3.8) is 0 Å². The first-order chi connectivity index (χ1) is 12.5. The molecule has 0 bridgehead atoms. The normalized spacial score (nSPS) is 19.6. The van der Waals surface area contributed by atoms with Gasteiger partial charge in [0.25, 0.3) is 0 Å². The fraction of sp³-hybridized carbons (Fsp3) is 0.571. The van der Waals surface area contributed by atoms with Crippen molar-refractivity contribution >= 4 is 17.7 Å². The number of rotatable bonds is 5. The predicted molar refractivity (Wildman–Crippen MR) is 107 cm³/mol. The quantitative estimate of drug-likeness (QED) is 0.552. The summed E-state index contributed by atoms with van der Waals surface area (Å²) in [6.07, 6.45) is 5.81. The van der Waals surface area contributed by atoms with Crippen LogP contribution < -0.4 is 4.74 Å². The molecule has 142 valence electrons. The lowest BCUT2D eigenvalue weighted by molar-refractivity contribution is 0.129. The molecule has 1 aromatic carbocycles. The fourth-order valence-corrected chi connectivity index (χ4v) is 3.26. The standard InChI is InChI=1S/C21H29ClN2O2/c1-23(2)16-6-4-5-7-17-8-12-19(13-9-17)24(3)21(25)26-20-14-10-18(22)11-15-20/h10-11,14-15,17,19H,4,6,8-9,12-13,16H2,1-3H3. The monoisotopic (exact) mass is 376 g/mol. The number of nitrogens with zero attached hydrogens (tertiary/aromatic N) is 2. The third-order valence-corrected chi connectivity index (χ3v) is 5.02. The zero-order valence-corrected chi connectivity index (χ0v) is 16.8. The summed E-state index contributed by atoms with van der Waals surface area (Å²) in [6.45, 7) is 1.09. The summed E-state index contributed by atoms with van der Waals surface area (Å²) in [4.78, 5) is 16.2. The number of unbranched alkanes of at least 4 members (excludes halogenated alkanes) is 1. The summed E-state index contributed by atoms with van der Waals surface area (Å²) < 4.78 is 5.42. The molecule has 1 fully saturated rings. The summed E-state index contributed by atoms with van der Waals surface area (Å²) >= 11 is 5.85. The topological polar surface area (TPSA) is 32.8 Å². The van der Waals surface area contributed by atoms with Crippen LogP contribution in [0.15, 0.2) is 24.3 Å². The molecule has 0 saturated heterocycles. The van der Waals surface area contributed by atoms with E-state index in [0.29, 0.717) is 16.7 Å². The largest absolute Gasteiger partial charge is 0.415 e. The molecule has 1 amide bonds. The first-order valence-electron chi connectivity index (χ1n) is 9.29. The Morgan fingerprint density at radius 1 is 1.15 bits per heavy atom. The molecule has 0 spiro atoms. The van der Waals surface area contributed by atoms with Gasteiger partial charge >= 0.3 is 6.09 Å². The highest BCUT2D eigenvalue weighted by Gasteiger charge is 2.26. The van der Waals surface area contributed by atoms with Crippen LogP contribution in [0.1, 0.15) is 38.5 Å². The number of carbonyl (C=O) groups excluding carboxylic acids is 1. The van der Waals surface area contributed by atoms with Crippen LogP contribution in [0.5, 0.6) is 5.75 Å². The van der Waals surface area contributed by atoms with E-state index in [2.05, 4.69) is 30.8 Å². The van der Waals surface area contributed by atoms with E-state index in [9.17, 15) is 4.79 Å². The molecule has 0 N–H and O–H groups in total. The number of halogens is 1. The number of ether oxygens (including phenoxy) is 1. The Labute approximate surface area is 162 Å². The molecule has 4 nitrogen and oxygen atoms in total. The van der Waals surface area contributed by atoms with Gasteiger partial charge in [0.05, 0.1) is 0 Å². The highest BCUT2D eigenvalue weighted by molar-refractivity contribution is 6.30. The van der Waals surface area contributed by atoms with Gasteiger partial charge in [0, 0.05) is 30.5 Å². The Balaban J connectivity index is 1.73. The minimum absolute atomic E-state index is 0.224. The Hall–Kier alpha value is -1.70.